The van der Waals surface area contributed by atoms with Gasteiger partial charge in [-0.3, -0.25) is 9.69 Å². The molecule has 2 aromatic carbocycles. The van der Waals surface area contributed by atoms with Gasteiger partial charge in [-0.1, -0.05) is 36.4 Å². The molecule has 1 aromatic heterocycles. The van der Waals surface area contributed by atoms with Gasteiger partial charge in [0.1, 0.15) is 5.82 Å². The van der Waals surface area contributed by atoms with Gasteiger partial charge in [0.2, 0.25) is 5.91 Å². The van der Waals surface area contributed by atoms with Gasteiger partial charge >= 0.3 is 0 Å². The van der Waals surface area contributed by atoms with Crippen molar-refractivity contribution >= 4 is 17.4 Å². The Bertz CT molecular complexity index is 1010. The van der Waals surface area contributed by atoms with Crippen LogP contribution in [0.15, 0.2) is 60.7 Å². The van der Waals surface area contributed by atoms with Crippen LogP contribution in [0.1, 0.15) is 30.5 Å². The van der Waals surface area contributed by atoms with Crippen molar-refractivity contribution in [1.29, 1.82) is 0 Å². The summed E-state index contributed by atoms with van der Waals surface area (Å²) < 4.78 is 1.78. The number of benzene rings is 2. The zero-order valence-corrected chi connectivity index (χ0v) is 18.4. The van der Waals surface area contributed by atoms with E-state index in [2.05, 4.69) is 44.5 Å². The lowest BCUT2D eigenvalue weighted by Gasteiger charge is -2.31. The second-order valence-electron chi connectivity index (χ2n) is 8.32. The minimum Gasteiger partial charge on any atom is -0.371 e. The van der Waals surface area contributed by atoms with E-state index in [4.69, 9.17) is 0 Å². The molecule has 1 fully saturated rings. The fourth-order valence-corrected chi connectivity index (χ4v) is 4.22. The Morgan fingerprint density at radius 3 is 2.52 bits per heavy atom. The van der Waals surface area contributed by atoms with E-state index >= 15 is 0 Å². The Morgan fingerprint density at radius 1 is 1.03 bits per heavy atom. The minimum atomic E-state index is -0.0463. The normalized spacial score (nSPS) is 14.1. The van der Waals surface area contributed by atoms with Gasteiger partial charge in [0, 0.05) is 31.4 Å². The van der Waals surface area contributed by atoms with Crippen LogP contribution >= 0.6 is 0 Å². The van der Waals surface area contributed by atoms with Crippen LogP contribution < -0.4 is 10.2 Å². The van der Waals surface area contributed by atoms with Crippen LogP contribution in [0.25, 0.3) is 5.69 Å². The van der Waals surface area contributed by atoms with Crippen LogP contribution in [0.2, 0.25) is 0 Å². The molecule has 1 N–H and O–H groups in total. The van der Waals surface area contributed by atoms with Crippen LogP contribution in [-0.4, -0.2) is 47.3 Å². The third-order valence-electron chi connectivity index (χ3n) is 5.64. The number of nitrogens with one attached hydrogen (secondary N) is 1. The number of para-hydroxylation sites is 2. The molecule has 0 bridgehead atoms. The lowest BCUT2D eigenvalue weighted by atomic mass is 10.1. The third kappa shape index (κ3) is 5.33. The first-order chi connectivity index (χ1) is 15.1. The SMILES string of the molecule is Cc1cc(NC(=O)CN(C)Cc2ccccc2N2CCCCC2)n(-c2ccccc2)n1. The Balaban J connectivity index is 1.41. The summed E-state index contributed by atoms with van der Waals surface area (Å²) in [5.41, 5.74) is 4.36. The van der Waals surface area contributed by atoms with Crippen molar-refractivity contribution in [2.24, 2.45) is 0 Å². The maximum absolute atomic E-state index is 12.8. The Hall–Kier alpha value is -3.12. The van der Waals surface area contributed by atoms with Crippen molar-refractivity contribution in [2.75, 3.05) is 36.9 Å². The topological polar surface area (TPSA) is 53.4 Å². The number of anilines is 2. The number of amides is 1. The van der Waals surface area contributed by atoms with Crippen molar-refractivity contribution in [3.05, 3.63) is 71.9 Å². The quantitative estimate of drug-likeness (QED) is 0.625. The molecule has 6 nitrogen and oxygen atoms in total. The number of carbonyl (C=O) groups is 1. The van der Waals surface area contributed by atoms with Crippen molar-refractivity contribution in [2.45, 2.75) is 32.7 Å². The first-order valence-corrected chi connectivity index (χ1v) is 11.0. The van der Waals surface area contributed by atoms with E-state index < -0.39 is 0 Å². The van der Waals surface area contributed by atoms with Crippen LogP contribution in [0, 0.1) is 6.92 Å². The number of likely N-dealkylation sites (N-methyl/N-ethyl adjacent to an activating group) is 1. The molecule has 0 spiro atoms. The van der Waals surface area contributed by atoms with Gasteiger partial charge in [-0.25, -0.2) is 4.68 Å². The summed E-state index contributed by atoms with van der Waals surface area (Å²) in [6.45, 7) is 5.21. The van der Waals surface area contributed by atoms with Gasteiger partial charge in [-0.05, 0) is 57.0 Å². The number of hydrogen-bond acceptors (Lipinski definition) is 4. The summed E-state index contributed by atoms with van der Waals surface area (Å²) in [5, 5.41) is 7.56. The zero-order chi connectivity index (χ0) is 21.6. The minimum absolute atomic E-state index is 0.0463. The summed E-state index contributed by atoms with van der Waals surface area (Å²) in [6, 6.07) is 20.3. The Labute approximate surface area is 184 Å². The molecule has 1 aliphatic rings. The summed E-state index contributed by atoms with van der Waals surface area (Å²) in [6.07, 6.45) is 3.82. The monoisotopic (exact) mass is 417 g/mol. The second kappa shape index (κ2) is 9.79. The molecule has 2 heterocycles. The highest BCUT2D eigenvalue weighted by molar-refractivity contribution is 5.91. The molecule has 31 heavy (non-hydrogen) atoms. The molecule has 162 valence electrons. The van der Waals surface area contributed by atoms with E-state index in [9.17, 15) is 4.79 Å². The van der Waals surface area contributed by atoms with E-state index in [1.54, 1.807) is 4.68 Å². The number of hydrogen-bond donors (Lipinski definition) is 1. The summed E-state index contributed by atoms with van der Waals surface area (Å²) in [7, 11) is 1.99. The molecule has 0 unspecified atom stereocenters. The smallest absolute Gasteiger partial charge is 0.239 e. The van der Waals surface area contributed by atoms with Gasteiger partial charge in [-0.15, -0.1) is 0 Å². The number of piperidine rings is 1. The van der Waals surface area contributed by atoms with E-state index in [-0.39, 0.29) is 5.91 Å². The predicted octanol–water partition coefficient (Wildman–Crippen LogP) is 4.24. The summed E-state index contributed by atoms with van der Waals surface area (Å²) >= 11 is 0. The van der Waals surface area contributed by atoms with Gasteiger partial charge in [0.25, 0.3) is 0 Å². The zero-order valence-electron chi connectivity index (χ0n) is 18.4. The fraction of sp³-hybridized carbons (Fsp3) is 0.360. The highest BCUT2D eigenvalue weighted by Crippen LogP contribution is 2.25. The number of aromatic nitrogens is 2. The van der Waals surface area contributed by atoms with Crippen molar-refractivity contribution in [1.82, 2.24) is 14.7 Å². The maximum atomic E-state index is 12.8. The summed E-state index contributed by atoms with van der Waals surface area (Å²) in [5.74, 6) is 0.644. The maximum Gasteiger partial charge on any atom is 0.239 e. The van der Waals surface area contributed by atoms with Crippen LogP contribution in [0.3, 0.4) is 0 Å². The molecule has 0 atom stereocenters. The van der Waals surface area contributed by atoms with Gasteiger partial charge < -0.3 is 10.2 Å². The predicted molar refractivity (Wildman–Crippen MR) is 126 cm³/mol. The van der Waals surface area contributed by atoms with E-state index in [0.29, 0.717) is 12.4 Å². The molecule has 1 saturated heterocycles. The lowest BCUT2D eigenvalue weighted by molar-refractivity contribution is -0.117. The van der Waals surface area contributed by atoms with Crippen molar-refractivity contribution in [3.8, 4) is 5.69 Å². The number of nitrogens with zero attached hydrogens (tertiary/aromatic N) is 4. The summed E-state index contributed by atoms with van der Waals surface area (Å²) in [4.78, 5) is 17.3. The van der Waals surface area contributed by atoms with E-state index in [0.717, 1.165) is 31.0 Å². The number of rotatable bonds is 7. The molecule has 1 aliphatic heterocycles. The molecule has 0 radical (unpaired) electrons. The molecule has 0 aliphatic carbocycles. The standard InChI is InChI=1S/C25H31N5O/c1-20-17-24(30(27-20)22-12-5-3-6-13-22)26-25(31)19-28(2)18-21-11-7-8-14-23(21)29-15-9-4-10-16-29/h3,5-8,11-14,17H,4,9-10,15-16,18-19H2,1-2H3,(H,26,31). The largest absolute Gasteiger partial charge is 0.371 e. The Kier molecular flexibility index (Phi) is 6.67. The van der Waals surface area contributed by atoms with Crippen molar-refractivity contribution in [3.63, 3.8) is 0 Å². The molecule has 0 saturated carbocycles. The highest BCUT2D eigenvalue weighted by Gasteiger charge is 2.17. The van der Waals surface area contributed by atoms with E-state index in [1.165, 1.54) is 30.5 Å². The molecule has 4 rings (SSSR count). The van der Waals surface area contributed by atoms with Gasteiger partial charge in [0.05, 0.1) is 17.9 Å². The number of aryl methyl sites for hydroxylation is 1. The first kappa shape index (κ1) is 21.1. The van der Waals surface area contributed by atoms with E-state index in [1.807, 2.05) is 50.4 Å². The fourth-order valence-electron chi connectivity index (χ4n) is 4.22. The van der Waals surface area contributed by atoms with Crippen LogP contribution in [-0.2, 0) is 11.3 Å². The second-order valence-corrected chi connectivity index (χ2v) is 8.32. The van der Waals surface area contributed by atoms with Crippen LogP contribution in [0.5, 0.6) is 0 Å². The molecule has 3 aromatic rings. The molecular formula is C25H31N5O. The molecular weight excluding hydrogens is 386 g/mol. The molecule has 6 heteroatoms. The average Bonchev–Trinajstić information content (AvgIpc) is 3.15. The Morgan fingerprint density at radius 2 is 1.74 bits per heavy atom. The third-order valence-corrected chi connectivity index (χ3v) is 5.64. The van der Waals surface area contributed by atoms with Gasteiger partial charge in [-0.2, -0.15) is 5.10 Å². The lowest BCUT2D eigenvalue weighted by Crippen LogP contribution is -2.33. The van der Waals surface area contributed by atoms with Crippen LogP contribution in [0.4, 0.5) is 11.5 Å². The van der Waals surface area contributed by atoms with Gasteiger partial charge in [0.15, 0.2) is 0 Å². The first-order valence-electron chi connectivity index (χ1n) is 11.0. The highest BCUT2D eigenvalue weighted by atomic mass is 16.2. The average molecular weight is 418 g/mol. The number of carbonyl (C=O) groups excluding carboxylic acids is 1. The van der Waals surface area contributed by atoms with Crippen molar-refractivity contribution < 1.29 is 4.79 Å². The molecule has 1 amide bonds.